The van der Waals surface area contributed by atoms with Gasteiger partial charge < -0.3 is 15.8 Å². The zero-order chi connectivity index (χ0) is 14.3. The van der Waals surface area contributed by atoms with Crippen LogP contribution in [0.25, 0.3) is 0 Å². The van der Waals surface area contributed by atoms with E-state index in [-0.39, 0.29) is 23.8 Å². The number of fused-ring (bicyclic) bond motifs is 1. The topological polar surface area (TPSA) is 81.4 Å². The van der Waals surface area contributed by atoms with Gasteiger partial charge in [-0.05, 0) is 37.0 Å². The van der Waals surface area contributed by atoms with Crippen molar-refractivity contribution in [2.45, 2.75) is 32.4 Å². The molecule has 1 heterocycles. The van der Waals surface area contributed by atoms with Crippen LogP contribution in [0.1, 0.15) is 45.9 Å². The van der Waals surface area contributed by atoms with Crippen molar-refractivity contribution in [3.63, 3.8) is 0 Å². The van der Waals surface area contributed by atoms with E-state index < -0.39 is 0 Å². The van der Waals surface area contributed by atoms with Crippen molar-refractivity contribution in [1.82, 2.24) is 5.32 Å². The molecule has 2 aliphatic rings. The van der Waals surface area contributed by atoms with Gasteiger partial charge in [0.05, 0.1) is 11.6 Å². The minimum Gasteiger partial charge on any atom is -0.457 e. The van der Waals surface area contributed by atoms with Crippen molar-refractivity contribution in [2.75, 3.05) is 6.54 Å². The maximum atomic E-state index is 11.9. The van der Waals surface area contributed by atoms with E-state index in [1.807, 2.05) is 13.0 Å². The lowest BCUT2D eigenvalue weighted by Gasteiger charge is -2.20. The van der Waals surface area contributed by atoms with Gasteiger partial charge in [0.2, 0.25) is 5.91 Å². The molecule has 3 rings (SSSR count). The lowest BCUT2D eigenvalue weighted by Crippen LogP contribution is -2.34. The first kappa shape index (κ1) is 13.1. The minimum absolute atomic E-state index is 0.0766. The highest BCUT2D eigenvalue weighted by Gasteiger charge is 2.32. The summed E-state index contributed by atoms with van der Waals surface area (Å²) in [4.78, 5) is 23.4. The Hall–Kier alpha value is -1.88. The highest BCUT2D eigenvalue weighted by molar-refractivity contribution is 5.94. The van der Waals surface area contributed by atoms with Crippen LogP contribution in [0.5, 0.6) is 0 Å². The molecule has 1 amide bonds. The Labute approximate surface area is 117 Å². The van der Waals surface area contributed by atoms with Crippen molar-refractivity contribution in [1.29, 1.82) is 0 Å². The van der Waals surface area contributed by atoms with Gasteiger partial charge in [-0.25, -0.2) is 4.79 Å². The fraction of sp³-hybridized carbons (Fsp3) is 0.467. The Morgan fingerprint density at radius 2 is 2.25 bits per heavy atom. The number of hydrogen-bond donors (Lipinski definition) is 2. The molecule has 0 unspecified atom stereocenters. The molecule has 0 radical (unpaired) electrons. The molecule has 1 atom stereocenters. The molecule has 20 heavy (non-hydrogen) atoms. The molecule has 1 aromatic carbocycles. The lowest BCUT2D eigenvalue weighted by atomic mass is 9.94. The van der Waals surface area contributed by atoms with Gasteiger partial charge in [-0.1, -0.05) is 6.07 Å². The van der Waals surface area contributed by atoms with Gasteiger partial charge in [0.25, 0.3) is 0 Å². The van der Waals surface area contributed by atoms with Crippen LogP contribution < -0.4 is 11.1 Å². The second-order valence-electron chi connectivity index (χ2n) is 5.45. The van der Waals surface area contributed by atoms with E-state index in [4.69, 9.17) is 10.5 Å². The van der Waals surface area contributed by atoms with Gasteiger partial charge in [0, 0.05) is 18.0 Å². The van der Waals surface area contributed by atoms with Crippen LogP contribution in [0.2, 0.25) is 0 Å². The van der Waals surface area contributed by atoms with Crippen LogP contribution >= 0.6 is 0 Å². The molecule has 0 spiro atoms. The Morgan fingerprint density at radius 1 is 1.50 bits per heavy atom. The van der Waals surface area contributed by atoms with Crippen LogP contribution in [0.4, 0.5) is 0 Å². The van der Waals surface area contributed by atoms with Crippen LogP contribution in [0.3, 0.4) is 0 Å². The number of esters is 1. The summed E-state index contributed by atoms with van der Waals surface area (Å²) >= 11 is 0. The molecule has 1 aromatic rings. The van der Waals surface area contributed by atoms with E-state index in [1.54, 1.807) is 6.07 Å². The zero-order valence-electron chi connectivity index (χ0n) is 11.4. The van der Waals surface area contributed by atoms with Crippen molar-refractivity contribution < 1.29 is 14.3 Å². The zero-order valence-corrected chi connectivity index (χ0v) is 11.4. The summed E-state index contributed by atoms with van der Waals surface area (Å²) in [6, 6.07) is 3.42. The van der Waals surface area contributed by atoms with Gasteiger partial charge in [-0.15, -0.1) is 0 Å². The molecule has 5 nitrogen and oxygen atoms in total. The maximum absolute atomic E-state index is 11.9. The maximum Gasteiger partial charge on any atom is 0.338 e. The molecule has 106 valence electrons. The van der Waals surface area contributed by atoms with Gasteiger partial charge in [0.15, 0.2) is 0 Å². The number of rotatable bonds is 4. The first-order valence-corrected chi connectivity index (χ1v) is 6.91. The van der Waals surface area contributed by atoms with Gasteiger partial charge in [0.1, 0.15) is 6.61 Å². The third-order valence-corrected chi connectivity index (χ3v) is 4.08. The molecule has 0 bridgehead atoms. The Bertz CT molecular complexity index is 579. The van der Waals surface area contributed by atoms with Crippen molar-refractivity contribution in [3.05, 3.63) is 34.4 Å². The van der Waals surface area contributed by atoms with E-state index in [1.165, 1.54) is 0 Å². The van der Waals surface area contributed by atoms with Crippen molar-refractivity contribution in [2.24, 2.45) is 11.7 Å². The monoisotopic (exact) mass is 274 g/mol. The van der Waals surface area contributed by atoms with Crippen LogP contribution in [-0.4, -0.2) is 18.4 Å². The summed E-state index contributed by atoms with van der Waals surface area (Å²) in [5.74, 6) is -0.0441. The molecule has 0 aromatic heterocycles. The normalized spacial score (nSPS) is 18.4. The Morgan fingerprint density at radius 3 is 2.90 bits per heavy atom. The standard InChI is InChI=1S/C15H18N2O3/c1-8-10(4-5-11-12(8)7-20-15(11)19)13(6-16)17-14(18)9-2-3-9/h4-5,9,13H,2-3,6-7,16H2,1H3,(H,17,18)/t13-/m0/s1. The van der Waals surface area contributed by atoms with Crippen LogP contribution in [0.15, 0.2) is 12.1 Å². The van der Waals surface area contributed by atoms with E-state index in [0.29, 0.717) is 18.7 Å². The van der Waals surface area contributed by atoms with E-state index in [0.717, 1.165) is 29.5 Å². The Kier molecular flexibility index (Phi) is 3.22. The molecule has 1 aliphatic carbocycles. The quantitative estimate of drug-likeness (QED) is 0.808. The lowest BCUT2D eigenvalue weighted by molar-refractivity contribution is -0.123. The number of carbonyl (C=O) groups is 2. The molecule has 1 saturated carbocycles. The summed E-state index contributed by atoms with van der Waals surface area (Å²) in [5, 5.41) is 3.00. The Balaban J connectivity index is 1.88. The number of cyclic esters (lactones) is 1. The van der Waals surface area contributed by atoms with Crippen LogP contribution in [-0.2, 0) is 16.1 Å². The van der Waals surface area contributed by atoms with Crippen LogP contribution in [0, 0.1) is 12.8 Å². The smallest absolute Gasteiger partial charge is 0.338 e. The number of carbonyl (C=O) groups excluding carboxylic acids is 2. The number of nitrogens with two attached hydrogens (primary N) is 1. The summed E-state index contributed by atoms with van der Waals surface area (Å²) in [5.41, 5.74) is 9.29. The molecule has 1 fully saturated rings. The van der Waals surface area contributed by atoms with Gasteiger partial charge in [-0.3, -0.25) is 4.79 Å². The highest BCUT2D eigenvalue weighted by Crippen LogP contribution is 2.32. The summed E-state index contributed by atoms with van der Waals surface area (Å²) in [7, 11) is 0. The molecule has 3 N–H and O–H groups in total. The first-order chi connectivity index (χ1) is 9.61. The summed E-state index contributed by atoms with van der Waals surface area (Å²) < 4.78 is 5.04. The van der Waals surface area contributed by atoms with Gasteiger partial charge >= 0.3 is 5.97 Å². The third-order valence-electron chi connectivity index (χ3n) is 4.08. The number of ether oxygens (including phenoxy) is 1. The van der Waals surface area contributed by atoms with Gasteiger partial charge in [-0.2, -0.15) is 0 Å². The third kappa shape index (κ3) is 2.18. The summed E-state index contributed by atoms with van der Waals surface area (Å²) in [6.07, 6.45) is 1.93. The number of amides is 1. The minimum atomic E-state index is -0.277. The second kappa shape index (κ2) is 4.90. The average Bonchev–Trinajstić information content (AvgIpc) is 3.22. The molecular formula is C15H18N2O3. The van der Waals surface area contributed by atoms with E-state index in [2.05, 4.69) is 5.32 Å². The van der Waals surface area contributed by atoms with Crippen molar-refractivity contribution >= 4 is 11.9 Å². The first-order valence-electron chi connectivity index (χ1n) is 6.91. The average molecular weight is 274 g/mol. The predicted octanol–water partition coefficient (Wildman–Crippen LogP) is 1.19. The molecule has 0 saturated heterocycles. The molecular weight excluding hydrogens is 256 g/mol. The number of nitrogens with one attached hydrogen (secondary N) is 1. The predicted molar refractivity (Wildman–Crippen MR) is 73.0 cm³/mol. The van der Waals surface area contributed by atoms with E-state index in [9.17, 15) is 9.59 Å². The highest BCUT2D eigenvalue weighted by atomic mass is 16.5. The van der Waals surface area contributed by atoms with E-state index >= 15 is 0 Å². The van der Waals surface area contributed by atoms with Crippen molar-refractivity contribution in [3.8, 4) is 0 Å². The number of benzene rings is 1. The largest absolute Gasteiger partial charge is 0.457 e. The fourth-order valence-corrected chi connectivity index (χ4v) is 2.64. The molecule has 1 aliphatic heterocycles. The fourth-order valence-electron chi connectivity index (χ4n) is 2.64. The molecule has 5 heteroatoms. The number of hydrogen-bond acceptors (Lipinski definition) is 4. The summed E-state index contributed by atoms with van der Waals surface area (Å²) in [6.45, 7) is 2.59. The second-order valence-corrected chi connectivity index (χ2v) is 5.45. The SMILES string of the molecule is Cc1c([C@H](CN)NC(=O)C2CC2)ccc2c1COC2=O.